The number of anilines is 1. The number of aromatic nitrogens is 1. The van der Waals surface area contributed by atoms with Gasteiger partial charge < -0.3 is 15.1 Å². The van der Waals surface area contributed by atoms with Gasteiger partial charge in [0.1, 0.15) is 5.01 Å². The highest BCUT2D eigenvalue weighted by Gasteiger charge is 2.09. The third kappa shape index (κ3) is 4.54. The van der Waals surface area contributed by atoms with E-state index >= 15 is 0 Å². The first kappa shape index (κ1) is 16.9. The molecule has 0 saturated heterocycles. The molecule has 2 amide bonds. The standard InChI is InChI=1S/C18H17N3O3S/c1-12(22)20-14-5-2-4-13(10-14)18-21-15(11-25-18)7-8-19-17(23)16-6-3-9-24-16/h2-6,9-11H,7-8H2,1H3,(H,19,23)(H,20,22). The fraction of sp³-hybridized carbons (Fsp3) is 0.167. The number of nitrogens with one attached hydrogen (secondary N) is 2. The fourth-order valence-electron chi connectivity index (χ4n) is 2.29. The summed E-state index contributed by atoms with van der Waals surface area (Å²) in [5, 5.41) is 8.41. The lowest BCUT2D eigenvalue weighted by Crippen LogP contribution is -2.25. The van der Waals surface area contributed by atoms with Crippen LogP contribution < -0.4 is 10.6 Å². The van der Waals surface area contributed by atoms with Gasteiger partial charge in [0.2, 0.25) is 5.91 Å². The summed E-state index contributed by atoms with van der Waals surface area (Å²) in [6.45, 7) is 1.96. The molecule has 0 aliphatic carbocycles. The molecule has 0 fully saturated rings. The number of carbonyl (C=O) groups excluding carboxylic acids is 2. The van der Waals surface area contributed by atoms with Crippen LogP contribution in [0, 0.1) is 0 Å². The van der Waals surface area contributed by atoms with Gasteiger partial charge in [0.15, 0.2) is 5.76 Å². The van der Waals surface area contributed by atoms with Crippen molar-refractivity contribution in [1.82, 2.24) is 10.3 Å². The Bertz CT molecular complexity index is 871. The monoisotopic (exact) mass is 355 g/mol. The van der Waals surface area contributed by atoms with Crippen LogP contribution in [0.4, 0.5) is 5.69 Å². The van der Waals surface area contributed by atoms with Crippen LogP contribution in [-0.2, 0) is 11.2 Å². The van der Waals surface area contributed by atoms with E-state index in [0.29, 0.717) is 18.7 Å². The average Bonchev–Trinajstić information content (AvgIpc) is 3.26. The molecule has 6 nitrogen and oxygen atoms in total. The van der Waals surface area contributed by atoms with Crippen LogP contribution in [0.5, 0.6) is 0 Å². The quantitative estimate of drug-likeness (QED) is 0.710. The van der Waals surface area contributed by atoms with Crippen molar-refractivity contribution in [2.24, 2.45) is 0 Å². The van der Waals surface area contributed by atoms with E-state index in [9.17, 15) is 9.59 Å². The van der Waals surface area contributed by atoms with Crippen LogP contribution in [0.25, 0.3) is 10.6 Å². The first-order chi connectivity index (χ1) is 12.1. The summed E-state index contributed by atoms with van der Waals surface area (Å²) >= 11 is 1.53. The number of hydrogen-bond donors (Lipinski definition) is 2. The Labute approximate surface area is 148 Å². The minimum Gasteiger partial charge on any atom is -0.459 e. The molecule has 7 heteroatoms. The number of nitrogens with zero attached hydrogens (tertiary/aromatic N) is 1. The first-order valence-corrected chi connectivity index (χ1v) is 8.64. The Kier molecular flexibility index (Phi) is 5.25. The predicted octanol–water partition coefficient (Wildman–Crippen LogP) is 3.33. The maximum Gasteiger partial charge on any atom is 0.286 e. The lowest BCUT2D eigenvalue weighted by molar-refractivity contribution is -0.114. The Hall–Kier alpha value is -2.93. The van der Waals surface area contributed by atoms with Gasteiger partial charge in [0, 0.05) is 36.5 Å². The third-order valence-electron chi connectivity index (χ3n) is 3.39. The van der Waals surface area contributed by atoms with Crippen molar-refractivity contribution < 1.29 is 14.0 Å². The number of amides is 2. The van der Waals surface area contributed by atoms with Crippen molar-refractivity contribution >= 4 is 28.8 Å². The Morgan fingerprint density at radius 1 is 1.24 bits per heavy atom. The summed E-state index contributed by atoms with van der Waals surface area (Å²) in [5.74, 6) is -0.0403. The fourth-order valence-corrected chi connectivity index (χ4v) is 3.14. The maximum atomic E-state index is 11.8. The number of carbonyl (C=O) groups is 2. The van der Waals surface area contributed by atoms with Crippen molar-refractivity contribution in [2.75, 3.05) is 11.9 Å². The molecule has 0 unspecified atom stereocenters. The molecule has 0 aliphatic rings. The highest BCUT2D eigenvalue weighted by molar-refractivity contribution is 7.13. The molecule has 2 aromatic heterocycles. The van der Waals surface area contributed by atoms with Gasteiger partial charge in [-0.3, -0.25) is 9.59 Å². The molecule has 0 saturated carbocycles. The summed E-state index contributed by atoms with van der Waals surface area (Å²) in [5.41, 5.74) is 2.60. The van der Waals surface area contributed by atoms with E-state index < -0.39 is 0 Å². The second kappa shape index (κ2) is 7.76. The summed E-state index contributed by atoms with van der Waals surface area (Å²) in [4.78, 5) is 27.5. The van der Waals surface area contributed by atoms with Gasteiger partial charge in [-0.1, -0.05) is 12.1 Å². The minimum atomic E-state index is -0.233. The van der Waals surface area contributed by atoms with Gasteiger partial charge >= 0.3 is 0 Å². The van der Waals surface area contributed by atoms with Crippen LogP contribution in [0.2, 0.25) is 0 Å². The Morgan fingerprint density at radius 2 is 2.12 bits per heavy atom. The highest BCUT2D eigenvalue weighted by atomic mass is 32.1. The Balaban J connectivity index is 1.59. The van der Waals surface area contributed by atoms with Gasteiger partial charge in [-0.15, -0.1) is 11.3 Å². The molecule has 3 aromatic rings. The van der Waals surface area contributed by atoms with E-state index in [-0.39, 0.29) is 11.8 Å². The van der Waals surface area contributed by atoms with Crippen LogP contribution in [0.3, 0.4) is 0 Å². The minimum absolute atomic E-state index is 0.107. The number of rotatable bonds is 6. The maximum absolute atomic E-state index is 11.8. The molecule has 25 heavy (non-hydrogen) atoms. The van der Waals surface area contributed by atoms with Gasteiger partial charge in [-0.05, 0) is 24.3 Å². The molecule has 0 aliphatic heterocycles. The number of benzene rings is 1. The zero-order valence-corrected chi connectivity index (χ0v) is 14.4. The first-order valence-electron chi connectivity index (χ1n) is 7.76. The van der Waals surface area contributed by atoms with E-state index in [1.807, 2.05) is 29.6 Å². The second-order valence-electron chi connectivity index (χ2n) is 5.39. The van der Waals surface area contributed by atoms with Gasteiger partial charge in [-0.25, -0.2) is 4.98 Å². The summed E-state index contributed by atoms with van der Waals surface area (Å²) in [7, 11) is 0. The topological polar surface area (TPSA) is 84.2 Å². The summed E-state index contributed by atoms with van der Waals surface area (Å²) in [6, 6.07) is 10.9. The normalized spacial score (nSPS) is 10.4. The second-order valence-corrected chi connectivity index (χ2v) is 6.25. The van der Waals surface area contributed by atoms with E-state index in [1.54, 1.807) is 12.1 Å². The van der Waals surface area contributed by atoms with Crippen molar-refractivity contribution in [3.8, 4) is 10.6 Å². The lowest BCUT2D eigenvalue weighted by Gasteiger charge is -2.03. The zero-order valence-electron chi connectivity index (χ0n) is 13.6. The molecule has 0 bridgehead atoms. The molecule has 3 rings (SSSR count). The van der Waals surface area contributed by atoms with E-state index in [4.69, 9.17) is 4.42 Å². The van der Waals surface area contributed by atoms with Crippen LogP contribution in [0.15, 0.2) is 52.5 Å². The zero-order chi connectivity index (χ0) is 17.6. The average molecular weight is 355 g/mol. The Morgan fingerprint density at radius 3 is 2.88 bits per heavy atom. The SMILES string of the molecule is CC(=O)Nc1cccc(-c2nc(CCNC(=O)c3ccco3)cs2)c1. The number of thiazole rings is 1. The lowest BCUT2D eigenvalue weighted by atomic mass is 10.2. The largest absolute Gasteiger partial charge is 0.459 e. The van der Waals surface area contributed by atoms with E-state index in [1.165, 1.54) is 24.5 Å². The molecule has 0 radical (unpaired) electrons. The van der Waals surface area contributed by atoms with Gasteiger partial charge in [0.05, 0.1) is 12.0 Å². The van der Waals surface area contributed by atoms with Crippen LogP contribution in [0.1, 0.15) is 23.2 Å². The van der Waals surface area contributed by atoms with Crippen molar-refractivity contribution in [3.05, 3.63) is 59.5 Å². The molecular formula is C18H17N3O3S. The van der Waals surface area contributed by atoms with Crippen molar-refractivity contribution in [3.63, 3.8) is 0 Å². The predicted molar refractivity (Wildman–Crippen MR) is 96.6 cm³/mol. The summed E-state index contributed by atoms with van der Waals surface area (Å²) in [6.07, 6.45) is 2.10. The molecule has 2 N–H and O–H groups in total. The molecule has 1 aromatic carbocycles. The molecular weight excluding hydrogens is 338 g/mol. The third-order valence-corrected chi connectivity index (χ3v) is 4.33. The molecule has 0 spiro atoms. The van der Waals surface area contributed by atoms with Gasteiger partial charge in [-0.2, -0.15) is 0 Å². The molecule has 128 valence electrons. The number of furan rings is 1. The smallest absolute Gasteiger partial charge is 0.286 e. The summed E-state index contributed by atoms with van der Waals surface area (Å²) < 4.78 is 5.04. The number of hydrogen-bond acceptors (Lipinski definition) is 5. The van der Waals surface area contributed by atoms with Gasteiger partial charge in [0.25, 0.3) is 5.91 Å². The van der Waals surface area contributed by atoms with Crippen molar-refractivity contribution in [2.45, 2.75) is 13.3 Å². The highest BCUT2D eigenvalue weighted by Crippen LogP contribution is 2.26. The molecule has 0 atom stereocenters. The van der Waals surface area contributed by atoms with Crippen molar-refractivity contribution in [1.29, 1.82) is 0 Å². The van der Waals surface area contributed by atoms with E-state index in [0.717, 1.165) is 22.0 Å². The van der Waals surface area contributed by atoms with Crippen LogP contribution in [-0.4, -0.2) is 23.3 Å². The molecule has 2 heterocycles. The van der Waals surface area contributed by atoms with E-state index in [2.05, 4.69) is 15.6 Å². The van der Waals surface area contributed by atoms with Crippen LogP contribution >= 0.6 is 11.3 Å².